The summed E-state index contributed by atoms with van der Waals surface area (Å²) in [5, 5.41) is 6.88. The number of halogens is 1. The Kier molecular flexibility index (Phi) is 6.87. The van der Waals surface area contributed by atoms with Crippen molar-refractivity contribution in [2.45, 2.75) is 13.0 Å². The number of hydrogen-bond acceptors (Lipinski definition) is 4. The molecule has 1 amide bonds. The summed E-state index contributed by atoms with van der Waals surface area (Å²) in [4.78, 5) is 16.5. The second kappa shape index (κ2) is 9.76. The van der Waals surface area contributed by atoms with Crippen molar-refractivity contribution < 1.29 is 9.53 Å². The molecule has 6 heteroatoms. The molecule has 5 nitrogen and oxygen atoms in total. The molecule has 0 aliphatic rings. The third-order valence-corrected chi connectivity index (χ3v) is 4.52. The summed E-state index contributed by atoms with van der Waals surface area (Å²) in [6.45, 7) is 1.21. The number of carbonyl (C=O) groups excluding carboxylic acids is 1. The maximum atomic E-state index is 12.2. The van der Waals surface area contributed by atoms with Gasteiger partial charge in [-0.2, -0.15) is 0 Å². The minimum atomic E-state index is -0.185. The van der Waals surface area contributed by atoms with Gasteiger partial charge in [-0.05, 0) is 53.9 Å². The summed E-state index contributed by atoms with van der Waals surface area (Å²) in [6.07, 6.45) is 2.40. The molecule has 0 saturated heterocycles. The molecule has 0 aliphatic heterocycles. The van der Waals surface area contributed by atoms with Gasteiger partial charge in [0.1, 0.15) is 11.4 Å². The number of anilines is 1. The van der Waals surface area contributed by atoms with Gasteiger partial charge in [-0.1, -0.05) is 35.9 Å². The molecule has 0 spiro atoms. The van der Waals surface area contributed by atoms with E-state index in [1.807, 2.05) is 54.6 Å². The number of carbonyl (C=O) groups is 1. The fraction of sp³-hybridized carbons (Fsp3) is 0.182. The summed E-state index contributed by atoms with van der Waals surface area (Å²) in [6, 6.07) is 19.0. The van der Waals surface area contributed by atoms with Gasteiger partial charge in [0.25, 0.3) is 5.91 Å². The predicted molar refractivity (Wildman–Crippen MR) is 112 cm³/mol. The molecule has 1 aromatic heterocycles. The van der Waals surface area contributed by atoms with E-state index in [4.69, 9.17) is 16.3 Å². The highest BCUT2D eigenvalue weighted by atomic mass is 35.5. The first-order chi connectivity index (χ1) is 13.6. The fourth-order valence-corrected chi connectivity index (χ4v) is 2.77. The molecule has 0 saturated carbocycles. The summed E-state index contributed by atoms with van der Waals surface area (Å²) in [5.74, 6) is 0.646. The second-order valence-corrected chi connectivity index (χ2v) is 6.70. The van der Waals surface area contributed by atoms with E-state index >= 15 is 0 Å². The summed E-state index contributed by atoms with van der Waals surface area (Å²) in [7, 11) is 1.65. The highest BCUT2D eigenvalue weighted by Crippen LogP contribution is 2.14. The van der Waals surface area contributed by atoms with Crippen molar-refractivity contribution in [3.63, 3.8) is 0 Å². The summed E-state index contributed by atoms with van der Waals surface area (Å²) >= 11 is 5.87. The van der Waals surface area contributed by atoms with Crippen molar-refractivity contribution >= 4 is 23.2 Å². The molecule has 28 heavy (non-hydrogen) atoms. The molecular weight excluding hydrogens is 374 g/mol. The maximum Gasteiger partial charge on any atom is 0.269 e. The largest absolute Gasteiger partial charge is 0.497 e. The van der Waals surface area contributed by atoms with Gasteiger partial charge in [-0.15, -0.1) is 0 Å². The SMILES string of the molecule is COc1ccc(CNc2ccc(C(=O)NCCc3ccc(Cl)cc3)nc2)cc1. The van der Waals surface area contributed by atoms with Crippen LogP contribution in [-0.4, -0.2) is 24.5 Å². The van der Waals surface area contributed by atoms with Gasteiger partial charge >= 0.3 is 0 Å². The van der Waals surface area contributed by atoms with Crippen LogP contribution in [0.2, 0.25) is 5.02 Å². The number of nitrogens with zero attached hydrogens (tertiary/aromatic N) is 1. The van der Waals surface area contributed by atoms with E-state index in [1.54, 1.807) is 19.4 Å². The molecule has 2 N–H and O–H groups in total. The summed E-state index contributed by atoms with van der Waals surface area (Å²) < 4.78 is 5.15. The number of rotatable bonds is 8. The van der Waals surface area contributed by atoms with Crippen LogP contribution < -0.4 is 15.4 Å². The quantitative estimate of drug-likeness (QED) is 0.596. The van der Waals surface area contributed by atoms with E-state index in [2.05, 4.69) is 15.6 Å². The Morgan fingerprint density at radius 2 is 1.71 bits per heavy atom. The highest BCUT2D eigenvalue weighted by Gasteiger charge is 2.06. The van der Waals surface area contributed by atoms with Gasteiger partial charge in [0.2, 0.25) is 0 Å². The van der Waals surface area contributed by atoms with Gasteiger partial charge in [0.15, 0.2) is 0 Å². The van der Waals surface area contributed by atoms with Gasteiger partial charge < -0.3 is 15.4 Å². The molecule has 2 aromatic carbocycles. The van der Waals surface area contributed by atoms with Gasteiger partial charge in [0.05, 0.1) is 19.0 Å². The summed E-state index contributed by atoms with van der Waals surface area (Å²) in [5.41, 5.74) is 3.50. The van der Waals surface area contributed by atoms with Crippen LogP contribution in [0.15, 0.2) is 66.9 Å². The average Bonchev–Trinajstić information content (AvgIpc) is 2.74. The number of ether oxygens (including phenoxy) is 1. The minimum absolute atomic E-state index is 0.185. The number of pyridine rings is 1. The Labute approximate surface area is 169 Å². The fourth-order valence-electron chi connectivity index (χ4n) is 2.64. The molecule has 0 atom stereocenters. The molecule has 0 aliphatic carbocycles. The molecule has 3 aromatic rings. The molecule has 1 heterocycles. The zero-order chi connectivity index (χ0) is 19.8. The average molecular weight is 396 g/mol. The third-order valence-electron chi connectivity index (χ3n) is 4.26. The standard InChI is InChI=1S/C22H22ClN3O2/c1-28-20-9-4-17(5-10-20)14-25-19-8-11-21(26-15-19)22(27)24-13-12-16-2-6-18(23)7-3-16/h2-11,15,25H,12-14H2,1H3,(H,24,27). The van der Waals surface area contributed by atoms with Crippen molar-refractivity contribution in [1.29, 1.82) is 0 Å². The monoisotopic (exact) mass is 395 g/mol. The lowest BCUT2D eigenvalue weighted by molar-refractivity contribution is 0.0949. The van der Waals surface area contributed by atoms with E-state index < -0.39 is 0 Å². The molecular formula is C22H22ClN3O2. The first-order valence-electron chi connectivity index (χ1n) is 8.99. The van der Waals surface area contributed by atoms with Crippen LogP contribution in [0, 0.1) is 0 Å². The van der Waals surface area contributed by atoms with Crippen LogP contribution in [0.5, 0.6) is 5.75 Å². The van der Waals surface area contributed by atoms with Gasteiger partial charge in [0, 0.05) is 18.1 Å². The lowest BCUT2D eigenvalue weighted by Gasteiger charge is -2.08. The van der Waals surface area contributed by atoms with Crippen molar-refractivity contribution in [3.05, 3.63) is 88.7 Å². The smallest absolute Gasteiger partial charge is 0.269 e. The normalized spacial score (nSPS) is 10.4. The Balaban J connectivity index is 1.46. The lowest BCUT2D eigenvalue weighted by Crippen LogP contribution is -2.26. The van der Waals surface area contributed by atoms with E-state index in [0.29, 0.717) is 23.8 Å². The van der Waals surface area contributed by atoms with Crippen LogP contribution in [-0.2, 0) is 13.0 Å². The minimum Gasteiger partial charge on any atom is -0.497 e. The van der Waals surface area contributed by atoms with Gasteiger partial charge in [-0.25, -0.2) is 4.98 Å². The van der Waals surface area contributed by atoms with Crippen molar-refractivity contribution in [1.82, 2.24) is 10.3 Å². The Bertz CT molecular complexity index is 895. The number of amides is 1. The second-order valence-electron chi connectivity index (χ2n) is 6.27. The van der Waals surface area contributed by atoms with Crippen LogP contribution in [0.25, 0.3) is 0 Å². The molecule has 144 valence electrons. The van der Waals surface area contributed by atoms with Crippen LogP contribution in [0.1, 0.15) is 21.6 Å². The first kappa shape index (κ1) is 19.7. The highest BCUT2D eigenvalue weighted by molar-refractivity contribution is 6.30. The van der Waals surface area contributed by atoms with Crippen LogP contribution in [0.3, 0.4) is 0 Å². The maximum absolute atomic E-state index is 12.2. The molecule has 0 fully saturated rings. The molecule has 0 unspecified atom stereocenters. The molecule has 0 bridgehead atoms. The van der Waals surface area contributed by atoms with Crippen LogP contribution in [0.4, 0.5) is 5.69 Å². The number of aromatic nitrogens is 1. The molecule has 3 rings (SSSR count). The van der Waals surface area contributed by atoms with E-state index in [1.165, 1.54) is 0 Å². The Hall–Kier alpha value is -3.05. The zero-order valence-corrected chi connectivity index (χ0v) is 16.4. The number of nitrogens with one attached hydrogen (secondary N) is 2. The Morgan fingerprint density at radius 3 is 2.36 bits per heavy atom. The third kappa shape index (κ3) is 5.72. The van der Waals surface area contributed by atoms with Gasteiger partial charge in [-0.3, -0.25) is 4.79 Å². The van der Waals surface area contributed by atoms with E-state index in [-0.39, 0.29) is 5.91 Å². The number of methoxy groups -OCH3 is 1. The number of hydrogen-bond donors (Lipinski definition) is 2. The van der Waals surface area contributed by atoms with E-state index in [9.17, 15) is 4.79 Å². The zero-order valence-electron chi connectivity index (χ0n) is 15.6. The van der Waals surface area contributed by atoms with Crippen LogP contribution >= 0.6 is 11.6 Å². The Morgan fingerprint density at radius 1 is 1.00 bits per heavy atom. The van der Waals surface area contributed by atoms with Crippen molar-refractivity contribution in [2.24, 2.45) is 0 Å². The topological polar surface area (TPSA) is 63.2 Å². The van der Waals surface area contributed by atoms with Crippen molar-refractivity contribution in [3.8, 4) is 5.75 Å². The number of benzene rings is 2. The lowest BCUT2D eigenvalue weighted by atomic mass is 10.1. The molecule has 0 radical (unpaired) electrons. The van der Waals surface area contributed by atoms with Crippen molar-refractivity contribution in [2.75, 3.05) is 19.0 Å². The van der Waals surface area contributed by atoms with E-state index in [0.717, 1.165) is 29.0 Å². The first-order valence-corrected chi connectivity index (χ1v) is 9.37. The predicted octanol–water partition coefficient (Wildman–Crippen LogP) is 4.33.